The molecule has 1 aromatic rings. The molecular formula is C15H27N3O2S. The maximum atomic E-state index is 12.0. The fourth-order valence-corrected chi connectivity index (χ4v) is 3.09. The maximum absolute atomic E-state index is 12.0. The van der Waals surface area contributed by atoms with Gasteiger partial charge in [-0.2, -0.15) is 0 Å². The zero-order valence-electron chi connectivity index (χ0n) is 13.2. The normalized spacial score (nSPS) is 11.4. The van der Waals surface area contributed by atoms with Gasteiger partial charge >= 0.3 is 0 Å². The summed E-state index contributed by atoms with van der Waals surface area (Å²) < 4.78 is 26.7. The van der Waals surface area contributed by atoms with Crippen LogP contribution in [0.1, 0.15) is 26.2 Å². The van der Waals surface area contributed by atoms with Gasteiger partial charge in [0.2, 0.25) is 10.0 Å². The third-order valence-electron chi connectivity index (χ3n) is 3.08. The lowest BCUT2D eigenvalue weighted by molar-refractivity contribution is 0.590. The van der Waals surface area contributed by atoms with E-state index in [1.165, 1.54) is 0 Å². The molecule has 0 bridgehead atoms. The number of benzene rings is 1. The molecule has 6 heteroatoms. The Morgan fingerprint density at radius 1 is 1.14 bits per heavy atom. The molecule has 0 unspecified atom stereocenters. The standard InChI is InChI=1S/C15H27N3O2S/c1-4-10-16-11-5-6-12-21(19,20)17-14-8-7-9-15(13-14)18(2)3/h7-9,13,16-17H,4-6,10-12H2,1-3H3. The van der Waals surface area contributed by atoms with Crippen molar-refractivity contribution in [3.8, 4) is 0 Å². The molecule has 2 N–H and O–H groups in total. The lowest BCUT2D eigenvalue weighted by Gasteiger charge is -2.14. The van der Waals surface area contributed by atoms with Crippen LogP contribution in [-0.2, 0) is 10.0 Å². The SMILES string of the molecule is CCCNCCCCS(=O)(=O)Nc1cccc(N(C)C)c1. The molecule has 0 aliphatic rings. The number of hydrogen-bond donors (Lipinski definition) is 2. The van der Waals surface area contributed by atoms with Gasteiger partial charge in [0.25, 0.3) is 0 Å². The average molecular weight is 313 g/mol. The summed E-state index contributed by atoms with van der Waals surface area (Å²) in [6, 6.07) is 7.40. The van der Waals surface area contributed by atoms with Crippen LogP contribution >= 0.6 is 0 Å². The molecule has 0 heterocycles. The Balaban J connectivity index is 2.43. The Bertz CT molecular complexity index is 515. The first-order valence-electron chi connectivity index (χ1n) is 7.43. The van der Waals surface area contributed by atoms with Crippen LogP contribution in [0.25, 0.3) is 0 Å². The van der Waals surface area contributed by atoms with Crippen LogP contribution in [0.5, 0.6) is 0 Å². The summed E-state index contributed by atoms with van der Waals surface area (Å²) in [5.41, 5.74) is 1.59. The van der Waals surface area contributed by atoms with E-state index >= 15 is 0 Å². The van der Waals surface area contributed by atoms with E-state index in [4.69, 9.17) is 0 Å². The highest BCUT2D eigenvalue weighted by Gasteiger charge is 2.10. The van der Waals surface area contributed by atoms with E-state index in [-0.39, 0.29) is 5.75 Å². The summed E-state index contributed by atoms with van der Waals surface area (Å²) in [7, 11) is 0.589. The lowest BCUT2D eigenvalue weighted by Crippen LogP contribution is -2.20. The average Bonchev–Trinajstić information content (AvgIpc) is 2.42. The van der Waals surface area contributed by atoms with Gasteiger partial charge in [0.1, 0.15) is 0 Å². The van der Waals surface area contributed by atoms with Gasteiger partial charge in [0, 0.05) is 19.8 Å². The van der Waals surface area contributed by atoms with Gasteiger partial charge in [-0.3, -0.25) is 4.72 Å². The topological polar surface area (TPSA) is 61.4 Å². The number of hydrogen-bond acceptors (Lipinski definition) is 4. The number of unbranched alkanes of at least 4 members (excludes halogenated alkanes) is 1. The third kappa shape index (κ3) is 7.34. The Labute approximate surface area is 128 Å². The number of nitrogens with zero attached hydrogens (tertiary/aromatic N) is 1. The molecule has 0 aromatic heterocycles. The molecule has 0 fully saturated rings. The van der Waals surface area contributed by atoms with Crippen molar-refractivity contribution in [1.82, 2.24) is 5.32 Å². The van der Waals surface area contributed by atoms with Crippen LogP contribution < -0.4 is 14.9 Å². The first-order valence-corrected chi connectivity index (χ1v) is 9.08. The molecule has 0 aliphatic carbocycles. The van der Waals surface area contributed by atoms with Crippen LogP contribution in [0.2, 0.25) is 0 Å². The molecule has 5 nitrogen and oxygen atoms in total. The van der Waals surface area contributed by atoms with Gasteiger partial charge in [-0.15, -0.1) is 0 Å². The van der Waals surface area contributed by atoms with Crippen LogP contribution in [-0.4, -0.2) is 41.4 Å². The number of anilines is 2. The number of sulfonamides is 1. The second-order valence-corrected chi connectivity index (χ2v) is 7.16. The smallest absolute Gasteiger partial charge is 0.232 e. The van der Waals surface area contributed by atoms with Crippen LogP contribution in [0, 0.1) is 0 Å². The van der Waals surface area contributed by atoms with Crippen molar-refractivity contribution in [1.29, 1.82) is 0 Å². The van der Waals surface area contributed by atoms with E-state index in [9.17, 15) is 8.42 Å². The van der Waals surface area contributed by atoms with E-state index in [0.29, 0.717) is 12.1 Å². The van der Waals surface area contributed by atoms with Gasteiger partial charge in [0.05, 0.1) is 11.4 Å². The van der Waals surface area contributed by atoms with E-state index in [0.717, 1.165) is 31.6 Å². The molecule has 0 radical (unpaired) electrons. The molecule has 0 saturated heterocycles. The summed E-state index contributed by atoms with van der Waals surface area (Å²) in [5, 5.41) is 3.27. The maximum Gasteiger partial charge on any atom is 0.232 e. The Kier molecular flexibility index (Phi) is 7.53. The predicted molar refractivity (Wildman–Crippen MR) is 90.6 cm³/mol. The van der Waals surface area contributed by atoms with Crippen molar-refractivity contribution in [3.63, 3.8) is 0 Å². The van der Waals surface area contributed by atoms with Crippen LogP contribution in [0.15, 0.2) is 24.3 Å². The minimum absolute atomic E-state index is 0.160. The van der Waals surface area contributed by atoms with E-state index in [1.54, 1.807) is 6.07 Å². The number of nitrogens with one attached hydrogen (secondary N) is 2. The highest BCUT2D eigenvalue weighted by Crippen LogP contribution is 2.18. The van der Waals surface area contributed by atoms with Crippen molar-refractivity contribution < 1.29 is 8.42 Å². The van der Waals surface area contributed by atoms with Crippen molar-refractivity contribution in [3.05, 3.63) is 24.3 Å². The Morgan fingerprint density at radius 2 is 1.90 bits per heavy atom. The highest BCUT2D eigenvalue weighted by atomic mass is 32.2. The molecular weight excluding hydrogens is 286 g/mol. The predicted octanol–water partition coefficient (Wildman–Crippen LogP) is 2.27. The molecule has 21 heavy (non-hydrogen) atoms. The van der Waals surface area contributed by atoms with Gasteiger partial charge in [0.15, 0.2) is 0 Å². The summed E-state index contributed by atoms with van der Waals surface area (Å²) in [6.07, 6.45) is 2.64. The molecule has 0 amide bonds. The molecule has 0 atom stereocenters. The van der Waals surface area contributed by atoms with Crippen molar-refractivity contribution >= 4 is 21.4 Å². The molecule has 1 aromatic carbocycles. The van der Waals surface area contributed by atoms with E-state index in [2.05, 4.69) is 17.0 Å². The van der Waals surface area contributed by atoms with Crippen molar-refractivity contribution in [2.24, 2.45) is 0 Å². The summed E-state index contributed by atoms with van der Waals surface area (Å²) >= 11 is 0. The Hall–Kier alpha value is -1.27. The van der Waals surface area contributed by atoms with E-state index in [1.807, 2.05) is 37.2 Å². The fraction of sp³-hybridized carbons (Fsp3) is 0.600. The summed E-state index contributed by atoms with van der Waals surface area (Å²) in [4.78, 5) is 1.94. The quantitative estimate of drug-likeness (QED) is 0.651. The first kappa shape index (κ1) is 17.8. The van der Waals surface area contributed by atoms with Crippen LogP contribution in [0.3, 0.4) is 0 Å². The van der Waals surface area contributed by atoms with Gasteiger partial charge in [-0.1, -0.05) is 13.0 Å². The summed E-state index contributed by atoms with van der Waals surface area (Å²) in [5.74, 6) is 0.160. The van der Waals surface area contributed by atoms with Gasteiger partial charge < -0.3 is 10.2 Å². The van der Waals surface area contributed by atoms with Crippen LogP contribution in [0.4, 0.5) is 11.4 Å². The minimum atomic E-state index is -3.27. The van der Waals surface area contributed by atoms with Gasteiger partial charge in [-0.05, 0) is 50.6 Å². The van der Waals surface area contributed by atoms with Crippen molar-refractivity contribution in [2.75, 3.05) is 42.6 Å². The molecule has 120 valence electrons. The Morgan fingerprint density at radius 3 is 2.57 bits per heavy atom. The molecule has 0 spiro atoms. The fourth-order valence-electron chi connectivity index (χ4n) is 1.92. The van der Waals surface area contributed by atoms with Crippen molar-refractivity contribution in [2.45, 2.75) is 26.2 Å². The second kappa shape index (κ2) is 8.89. The first-order chi connectivity index (χ1) is 9.94. The zero-order chi connectivity index (χ0) is 15.7. The molecule has 0 aliphatic heterocycles. The van der Waals surface area contributed by atoms with Gasteiger partial charge in [-0.25, -0.2) is 8.42 Å². The molecule has 1 rings (SSSR count). The monoisotopic (exact) mass is 313 g/mol. The minimum Gasteiger partial charge on any atom is -0.378 e. The third-order valence-corrected chi connectivity index (χ3v) is 4.45. The largest absolute Gasteiger partial charge is 0.378 e. The second-order valence-electron chi connectivity index (χ2n) is 5.32. The highest BCUT2D eigenvalue weighted by molar-refractivity contribution is 7.92. The lowest BCUT2D eigenvalue weighted by atomic mass is 10.3. The molecule has 0 saturated carbocycles. The zero-order valence-corrected chi connectivity index (χ0v) is 14.0. The number of rotatable bonds is 10. The van der Waals surface area contributed by atoms with E-state index < -0.39 is 10.0 Å². The summed E-state index contributed by atoms with van der Waals surface area (Å²) in [6.45, 7) is 3.98.